The Labute approximate surface area is 65.7 Å². The molecule has 3 N–H and O–H groups in total. The Kier molecular flexibility index (Phi) is 2.22. The number of nitrogens with one attached hydrogen (secondary N) is 1. The molecule has 10 heavy (non-hydrogen) atoms. The molecule has 0 bridgehead atoms. The van der Waals surface area contributed by atoms with Crippen LogP contribution in [0.25, 0.3) is 0 Å². The van der Waals surface area contributed by atoms with E-state index in [0.717, 1.165) is 11.3 Å². The molecular weight excluding hydrogens is 148 g/mol. The zero-order chi connectivity index (χ0) is 7.56. The molecule has 1 atom stereocenters. The third kappa shape index (κ3) is 1.45. The van der Waals surface area contributed by atoms with Gasteiger partial charge in [-0.3, -0.25) is 0 Å². The number of dihydropyridines is 1. The predicted octanol–water partition coefficient (Wildman–Crippen LogP) is 0.943. The van der Waals surface area contributed by atoms with Gasteiger partial charge in [0.1, 0.15) is 0 Å². The van der Waals surface area contributed by atoms with Gasteiger partial charge in [0.05, 0.1) is 5.88 Å². The van der Waals surface area contributed by atoms with Crippen molar-refractivity contribution >= 4 is 11.6 Å². The normalized spacial score (nSPS) is 24.8. The van der Waals surface area contributed by atoms with Crippen LogP contribution in [0.5, 0.6) is 0 Å². The molecule has 0 saturated carbocycles. The van der Waals surface area contributed by atoms with Crippen molar-refractivity contribution in [2.75, 3.05) is 5.88 Å². The average Bonchev–Trinajstić information content (AvgIpc) is 1.88. The van der Waals surface area contributed by atoms with Crippen molar-refractivity contribution in [2.45, 2.75) is 13.0 Å². The van der Waals surface area contributed by atoms with Crippen molar-refractivity contribution in [3.8, 4) is 0 Å². The van der Waals surface area contributed by atoms with Crippen LogP contribution < -0.4 is 11.1 Å². The molecule has 1 aliphatic heterocycles. The smallest absolute Gasteiger partial charge is 0.0508 e. The maximum Gasteiger partial charge on any atom is 0.0508 e. The van der Waals surface area contributed by atoms with Crippen LogP contribution in [0.15, 0.2) is 23.5 Å². The summed E-state index contributed by atoms with van der Waals surface area (Å²) in [7, 11) is 0. The Bertz CT molecular complexity index is 184. The van der Waals surface area contributed by atoms with E-state index in [0.29, 0.717) is 11.9 Å². The highest BCUT2D eigenvalue weighted by atomic mass is 35.5. The molecule has 0 radical (unpaired) electrons. The van der Waals surface area contributed by atoms with Gasteiger partial charge in [0.2, 0.25) is 0 Å². The van der Waals surface area contributed by atoms with Crippen LogP contribution in [-0.2, 0) is 0 Å². The summed E-state index contributed by atoms with van der Waals surface area (Å²) >= 11 is 5.59. The van der Waals surface area contributed by atoms with Crippen LogP contribution in [0.3, 0.4) is 0 Å². The van der Waals surface area contributed by atoms with Crippen molar-refractivity contribution in [2.24, 2.45) is 5.73 Å². The molecule has 1 unspecified atom stereocenters. The summed E-state index contributed by atoms with van der Waals surface area (Å²) in [6.45, 7) is 2.04. The third-order valence-electron chi connectivity index (χ3n) is 1.46. The number of allylic oxidation sites excluding steroid dienone is 1. The average molecular weight is 159 g/mol. The summed E-state index contributed by atoms with van der Waals surface area (Å²) in [6.07, 6.45) is 3.82. The standard InChI is InChI=1S/C7H11ClN2/c1-5-2-7(9)6(3-8)4-10-5/h2,4-5,10H,3,9H2,1H3. The lowest BCUT2D eigenvalue weighted by Gasteiger charge is -2.16. The Hall–Kier alpha value is -0.630. The van der Waals surface area contributed by atoms with Crippen LogP contribution in [0.2, 0.25) is 0 Å². The molecular formula is C7H11ClN2. The van der Waals surface area contributed by atoms with E-state index in [1.54, 1.807) is 0 Å². The first-order chi connectivity index (χ1) is 4.74. The van der Waals surface area contributed by atoms with Crippen LogP contribution in [0.4, 0.5) is 0 Å². The Balaban J connectivity index is 2.71. The fourth-order valence-electron chi connectivity index (χ4n) is 0.856. The van der Waals surface area contributed by atoms with E-state index in [-0.39, 0.29) is 0 Å². The van der Waals surface area contributed by atoms with Crippen molar-refractivity contribution < 1.29 is 0 Å². The zero-order valence-corrected chi connectivity index (χ0v) is 6.65. The van der Waals surface area contributed by atoms with E-state index in [1.807, 2.05) is 19.2 Å². The molecule has 0 aliphatic carbocycles. The van der Waals surface area contributed by atoms with Gasteiger partial charge in [-0.25, -0.2) is 0 Å². The monoisotopic (exact) mass is 158 g/mol. The number of nitrogens with two attached hydrogens (primary N) is 1. The molecule has 1 heterocycles. The Morgan fingerprint density at radius 2 is 2.50 bits per heavy atom. The predicted molar refractivity (Wildman–Crippen MR) is 43.7 cm³/mol. The second kappa shape index (κ2) is 2.97. The number of halogens is 1. The summed E-state index contributed by atoms with van der Waals surface area (Å²) in [4.78, 5) is 0. The van der Waals surface area contributed by atoms with Crippen molar-refractivity contribution in [3.63, 3.8) is 0 Å². The summed E-state index contributed by atoms with van der Waals surface area (Å²) in [5, 5.41) is 3.11. The van der Waals surface area contributed by atoms with Crippen LogP contribution in [0.1, 0.15) is 6.92 Å². The van der Waals surface area contributed by atoms with Crippen LogP contribution in [0, 0.1) is 0 Å². The quantitative estimate of drug-likeness (QED) is 0.558. The maximum absolute atomic E-state index is 5.65. The molecule has 0 amide bonds. The van der Waals surface area contributed by atoms with Crippen LogP contribution >= 0.6 is 11.6 Å². The number of hydrogen-bond acceptors (Lipinski definition) is 2. The minimum atomic E-state index is 0.326. The molecule has 1 rings (SSSR count). The first-order valence-electron chi connectivity index (χ1n) is 3.22. The second-order valence-corrected chi connectivity index (χ2v) is 2.65. The van der Waals surface area contributed by atoms with Crippen molar-refractivity contribution in [3.05, 3.63) is 23.5 Å². The maximum atomic E-state index is 5.65. The molecule has 0 aromatic carbocycles. The Morgan fingerprint density at radius 1 is 1.80 bits per heavy atom. The van der Waals surface area contributed by atoms with E-state index in [9.17, 15) is 0 Å². The lowest BCUT2D eigenvalue weighted by Crippen LogP contribution is -2.25. The summed E-state index contributed by atoms with van der Waals surface area (Å²) in [5.41, 5.74) is 7.41. The molecule has 0 aromatic rings. The molecule has 0 aromatic heterocycles. The van der Waals surface area contributed by atoms with E-state index in [2.05, 4.69) is 5.32 Å². The Morgan fingerprint density at radius 3 is 3.00 bits per heavy atom. The first-order valence-corrected chi connectivity index (χ1v) is 3.76. The van der Waals surface area contributed by atoms with Gasteiger partial charge in [-0.15, -0.1) is 11.6 Å². The number of rotatable bonds is 1. The van der Waals surface area contributed by atoms with Gasteiger partial charge >= 0.3 is 0 Å². The van der Waals surface area contributed by atoms with Crippen molar-refractivity contribution in [1.82, 2.24) is 5.32 Å². The van der Waals surface area contributed by atoms with Gasteiger partial charge in [-0.2, -0.15) is 0 Å². The molecule has 0 fully saturated rings. The SMILES string of the molecule is CC1C=C(N)C(CCl)=CN1. The van der Waals surface area contributed by atoms with Gasteiger partial charge < -0.3 is 11.1 Å². The highest BCUT2D eigenvalue weighted by Crippen LogP contribution is 2.10. The number of hydrogen-bond donors (Lipinski definition) is 2. The molecule has 1 aliphatic rings. The topological polar surface area (TPSA) is 38.0 Å². The second-order valence-electron chi connectivity index (χ2n) is 2.38. The highest BCUT2D eigenvalue weighted by molar-refractivity contribution is 6.19. The minimum Gasteiger partial charge on any atom is -0.399 e. The van der Waals surface area contributed by atoms with Crippen LogP contribution in [-0.4, -0.2) is 11.9 Å². The molecule has 2 nitrogen and oxygen atoms in total. The summed E-state index contributed by atoms with van der Waals surface area (Å²) in [6, 6.07) is 0.326. The minimum absolute atomic E-state index is 0.326. The summed E-state index contributed by atoms with van der Waals surface area (Å²) < 4.78 is 0. The van der Waals surface area contributed by atoms with E-state index in [4.69, 9.17) is 17.3 Å². The first kappa shape index (κ1) is 7.48. The fourth-order valence-corrected chi connectivity index (χ4v) is 1.09. The van der Waals surface area contributed by atoms with E-state index >= 15 is 0 Å². The van der Waals surface area contributed by atoms with E-state index < -0.39 is 0 Å². The fraction of sp³-hybridized carbons (Fsp3) is 0.429. The lowest BCUT2D eigenvalue weighted by molar-refractivity contribution is 0.742. The van der Waals surface area contributed by atoms with Gasteiger partial charge in [-0.05, 0) is 13.0 Å². The molecule has 56 valence electrons. The highest BCUT2D eigenvalue weighted by Gasteiger charge is 2.06. The van der Waals surface area contributed by atoms with Gasteiger partial charge in [0.15, 0.2) is 0 Å². The van der Waals surface area contributed by atoms with E-state index in [1.165, 1.54) is 0 Å². The molecule has 0 saturated heterocycles. The van der Waals surface area contributed by atoms with Crippen molar-refractivity contribution in [1.29, 1.82) is 0 Å². The van der Waals surface area contributed by atoms with Gasteiger partial charge in [-0.1, -0.05) is 0 Å². The molecule has 3 heteroatoms. The van der Waals surface area contributed by atoms with Gasteiger partial charge in [0, 0.05) is 23.5 Å². The molecule has 0 spiro atoms. The lowest BCUT2D eigenvalue weighted by atomic mass is 10.1. The third-order valence-corrected chi connectivity index (χ3v) is 1.75. The zero-order valence-electron chi connectivity index (χ0n) is 5.89. The summed E-state index contributed by atoms with van der Waals surface area (Å²) in [5.74, 6) is 0.474. The van der Waals surface area contributed by atoms with Gasteiger partial charge in [0.25, 0.3) is 0 Å². The largest absolute Gasteiger partial charge is 0.399 e. The number of alkyl halides is 1.